The second kappa shape index (κ2) is 4.60. The number of aromatic nitrogens is 2. The zero-order chi connectivity index (χ0) is 11.6. The second-order valence-corrected chi connectivity index (χ2v) is 6.42. The van der Waals surface area contributed by atoms with E-state index in [4.69, 9.17) is 0 Å². The van der Waals surface area contributed by atoms with Crippen LogP contribution in [0.4, 0.5) is 0 Å². The molecule has 1 N–H and O–H groups in total. The van der Waals surface area contributed by atoms with Crippen molar-refractivity contribution in [2.24, 2.45) is 0 Å². The first kappa shape index (κ1) is 12.6. The highest BCUT2D eigenvalue weighted by molar-refractivity contribution is 14.1. The van der Waals surface area contributed by atoms with Crippen molar-refractivity contribution in [2.45, 2.75) is 19.1 Å². The number of nitrogens with one attached hydrogen (secondary N) is 1. The Morgan fingerprint density at radius 1 is 1.47 bits per heavy atom. The summed E-state index contributed by atoms with van der Waals surface area (Å²) in [5.74, 6) is -0.0219. The van der Waals surface area contributed by atoms with Crippen LogP contribution in [-0.2, 0) is 22.0 Å². The van der Waals surface area contributed by atoms with Crippen LogP contribution in [0.15, 0.2) is 4.79 Å². The number of hydrogen-bond acceptors (Lipinski definition) is 4. The molecule has 15 heavy (non-hydrogen) atoms. The maximum Gasteiger partial charge on any atom is 0.264 e. The predicted molar refractivity (Wildman–Crippen MR) is 65.5 cm³/mol. The fourth-order valence-electron chi connectivity index (χ4n) is 1.11. The SMILES string of the molecule is CCc1nc(CS(C)(=O)=O)[nH]c(=O)c1I. The van der Waals surface area contributed by atoms with Crippen molar-refractivity contribution in [3.8, 4) is 0 Å². The van der Waals surface area contributed by atoms with Crippen molar-refractivity contribution >= 4 is 32.4 Å². The Labute approximate surface area is 101 Å². The molecule has 1 rings (SSSR count). The largest absolute Gasteiger partial charge is 0.309 e. The van der Waals surface area contributed by atoms with Crippen molar-refractivity contribution in [3.63, 3.8) is 0 Å². The molecule has 0 fully saturated rings. The Hall–Kier alpha value is -0.440. The number of nitrogens with zero attached hydrogens (tertiary/aromatic N) is 1. The van der Waals surface area contributed by atoms with E-state index in [9.17, 15) is 13.2 Å². The molecule has 0 amide bonds. The molecule has 1 heterocycles. The van der Waals surface area contributed by atoms with Crippen molar-refractivity contribution in [1.29, 1.82) is 0 Å². The van der Waals surface area contributed by atoms with Crippen LogP contribution in [0.2, 0.25) is 0 Å². The molecule has 1 aromatic heterocycles. The first-order valence-corrected chi connectivity index (χ1v) is 7.42. The minimum Gasteiger partial charge on any atom is -0.309 e. The predicted octanol–water partition coefficient (Wildman–Crippen LogP) is 0.482. The van der Waals surface area contributed by atoms with Gasteiger partial charge in [-0.1, -0.05) is 6.92 Å². The Morgan fingerprint density at radius 3 is 2.53 bits per heavy atom. The molecule has 0 radical (unpaired) electrons. The lowest BCUT2D eigenvalue weighted by Gasteiger charge is -2.03. The van der Waals surface area contributed by atoms with Gasteiger partial charge in [-0.15, -0.1) is 0 Å². The lowest BCUT2D eigenvalue weighted by atomic mass is 10.3. The summed E-state index contributed by atoms with van der Waals surface area (Å²) in [6, 6.07) is 0. The third-order valence-electron chi connectivity index (χ3n) is 1.71. The number of aromatic amines is 1. The van der Waals surface area contributed by atoms with Crippen molar-refractivity contribution in [2.75, 3.05) is 6.26 Å². The summed E-state index contributed by atoms with van der Waals surface area (Å²) in [5, 5.41) is 0. The highest BCUT2D eigenvalue weighted by atomic mass is 127. The molecule has 0 aliphatic heterocycles. The van der Waals surface area contributed by atoms with E-state index in [-0.39, 0.29) is 17.1 Å². The van der Waals surface area contributed by atoms with Gasteiger partial charge in [0.05, 0.1) is 9.26 Å². The molecule has 7 heteroatoms. The number of sulfone groups is 1. The summed E-state index contributed by atoms with van der Waals surface area (Å²) in [4.78, 5) is 18.0. The average Bonchev–Trinajstić information content (AvgIpc) is 2.08. The molecule has 0 aliphatic rings. The van der Waals surface area contributed by atoms with Gasteiger partial charge >= 0.3 is 0 Å². The summed E-state index contributed by atoms with van der Waals surface area (Å²) in [6.45, 7) is 1.87. The maximum absolute atomic E-state index is 11.4. The van der Waals surface area contributed by atoms with Crippen LogP contribution in [0.1, 0.15) is 18.4 Å². The van der Waals surface area contributed by atoms with Gasteiger partial charge in [-0.25, -0.2) is 13.4 Å². The Bertz CT molecular complexity index is 521. The van der Waals surface area contributed by atoms with E-state index in [0.29, 0.717) is 15.7 Å². The van der Waals surface area contributed by atoms with Crippen LogP contribution in [0.25, 0.3) is 0 Å². The number of rotatable bonds is 3. The van der Waals surface area contributed by atoms with E-state index < -0.39 is 9.84 Å². The van der Waals surface area contributed by atoms with Crippen LogP contribution < -0.4 is 5.56 Å². The monoisotopic (exact) mass is 342 g/mol. The molecule has 0 unspecified atom stereocenters. The van der Waals surface area contributed by atoms with Gasteiger partial charge in [0.2, 0.25) is 0 Å². The molecule has 0 aliphatic carbocycles. The standard InChI is InChI=1S/C8H11IN2O3S/c1-3-5-7(9)8(12)11-6(10-5)4-15(2,13)14/h3-4H2,1-2H3,(H,10,11,12). The third-order valence-corrected chi connectivity index (χ3v) is 3.62. The topological polar surface area (TPSA) is 79.9 Å². The van der Waals surface area contributed by atoms with E-state index >= 15 is 0 Å². The lowest BCUT2D eigenvalue weighted by Crippen LogP contribution is -2.19. The van der Waals surface area contributed by atoms with E-state index in [0.717, 1.165) is 6.26 Å². The fourth-order valence-corrected chi connectivity index (χ4v) is 2.38. The van der Waals surface area contributed by atoms with Gasteiger partial charge in [0.15, 0.2) is 9.84 Å². The minimum atomic E-state index is -3.17. The zero-order valence-corrected chi connectivity index (χ0v) is 11.3. The Kier molecular flexibility index (Phi) is 3.87. The summed E-state index contributed by atoms with van der Waals surface area (Å²) in [6.07, 6.45) is 1.72. The molecule has 0 atom stereocenters. The number of H-pyrrole nitrogens is 1. The molecule has 0 bridgehead atoms. The summed E-state index contributed by atoms with van der Waals surface area (Å²) in [5.41, 5.74) is 0.360. The smallest absolute Gasteiger partial charge is 0.264 e. The maximum atomic E-state index is 11.4. The third kappa shape index (κ3) is 3.56. The molecular formula is C8H11IN2O3S. The summed E-state index contributed by atoms with van der Waals surface area (Å²) in [7, 11) is -3.17. The van der Waals surface area contributed by atoms with E-state index in [1.54, 1.807) is 0 Å². The number of hydrogen-bond donors (Lipinski definition) is 1. The van der Waals surface area contributed by atoms with Crippen LogP contribution in [0.5, 0.6) is 0 Å². The molecular weight excluding hydrogens is 331 g/mol. The summed E-state index contributed by atoms with van der Waals surface area (Å²) < 4.78 is 22.6. The average molecular weight is 342 g/mol. The number of halogens is 1. The first-order valence-electron chi connectivity index (χ1n) is 4.28. The van der Waals surface area contributed by atoms with Crippen molar-refractivity contribution in [1.82, 2.24) is 9.97 Å². The molecule has 0 aromatic carbocycles. The van der Waals surface area contributed by atoms with Crippen LogP contribution >= 0.6 is 22.6 Å². The highest BCUT2D eigenvalue weighted by Crippen LogP contribution is 2.06. The van der Waals surface area contributed by atoms with Crippen LogP contribution in [0.3, 0.4) is 0 Å². The normalized spacial score (nSPS) is 11.7. The van der Waals surface area contributed by atoms with Crippen molar-refractivity contribution < 1.29 is 8.42 Å². The zero-order valence-electron chi connectivity index (χ0n) is 8.37. The molecule has 5 nitrogen and oxygen atoms in total. The molecule has 0 saturated carbocycles. The Balaban J connectivity index is 3.24. The van der Waals surface area contributed by atoms with Crippen molar-refractivity contribution in [3.05, 3.63) is 25.4 Å². The highest BCUT2D eigenvalue weighted by Gasteiger charge is 2.11. The second-order valence-electron chi connectivity index (χ2n) is 3.20. The minimum absolute atomic E-state index is 0.208. The van der Waals surface area contributed by atoms with E-state index in [1.807, 2.05) is 29.5 Å². The van der Waals surface area contributed by atoms with Gasteiger partial charge in [-0.05, 0) is 29.0 Å². The summed E-state index contributed by atoms with van der Waals surface area (Å²) >= 11 is 1.90. The van der Waals surface area contributed by atoms with Crippen LogP contribution in [-0.4, -0.2) is 24.6 Å². The van der Waals surface area contributed by atoms with Gasteiger partial charge in [-0.2, -0.15) is 0 Å². The fraction of sp³-hybridized carbons (Fsp3) is 0.500. The molecule has 0 spiro atoms. The molecule has 1 aromatic rings. The molecule has 0 saturated heterocycles. The van der Waals surface area contributed by atoms with Gasteiger partial charge in [0.25, 0.3) is 5.56 Å². The molecule has 84 valence electrons. The Morgan fingerprint density at radius 2 is 2.07 bits per heavy atom. The van der Waals surface area contributed by atoms with E-state index in [1.165, 1.54) is 0 Å². The first-order chi connectivity index (χ1) is 6.83. The lowest BCUT2D eigenvalue weighted by molar-refractivity contribution is 0.599. The van der Waals surface area contributed by atoms with Gasteiger partial charge < -0.3 is 4.98 Å². The van der Waals surface area contributed by atoms with E-state index in [2.05, 4.69) is 9.97 Å². The van der Waals surface area contributed by atoms with Gasteiger partial charge in [-0.3, -0.25) is 4.79 Å². The van der Waals surface area contributed by atoms with Crippen LogP contribution in [0, 0.1) is 3.57 Å². The van der Waals surface area contributed by atoms with Gasteiger partial charge in [0, 0.05) is 6.26 Å². The quantitative estimate of drug-likeness (QED) is 0.811. The number of aryl methyl sites for hydroxylation is 1. The van der Waals surface area contributed by atoms with Gasteiger partial charge in [0.1, 0.15) is 11.6 Å².